The Morgan fingerprint density at radius 3 is 2.81 bits per heavy atom. The van der Waals surface area contributed by atoms with Crippen molar-refractivity contribution >= 4 is 21.8 Å². The van der Waals surface area contributed by atoms with E-state index in [9.17, 15) is 9.90 Å². The zero-order chi connectivity index (χ0) is 19.0. The number of fused-ring (bicyclic) bond motifs is 2. The Kier molecular flexibility index (Phi) is 5.35. The third-order valence-corrected chi connectivity index (χ3v) is 6.38. The largest absolute Gasteiger partial charge is 0.390 e. The number of hydrogen-bond acceptors (Lipinski definition) is 3. The summed E-state index contributed by atoms with van der Waals surface area (Å²) in [6.07, 6.45) is 1.18. The maximum Gasteiger partial charge on any atom is 0.254 e. The summed E-state index contributed by atoms with van der Waals surface area (Å²) >= 11 is 3.51. The minimum Gasteiger partial charge on any atom is -0.390 e. The zero-order valence-electron chi connectivity index (χ0n) is 15.5. The molecule has 2 aliphatic heterocycles. The van der Waals surface area contributed by atoms with E-state index in [-0.39, 0.29) is 11.9 Å². The van der Waals surface area contributed by atoms with E-state index in [4.69, 9.17) is 0 Å². The van der Waals surface area contributed by atoms with Gasteiger partial charge in [0.05, 0.1) is 6.10 Å². The van der Waals surface area contributed by atoms with Crippen LogP contribution in [0.5, 0.6) is 0 Å². The molecule has 2 aromatic carbocycles. The Morgan fingerprint density at radius 2 is 2.04 bits per heavy atom. The maximum atomic E-state index is 13.0. The molecule has 1 amide bonds. The predicted molar refractivity (Wildman–Crippen MR) is 110 cm³/mol. The van der Waals surface area contributed by atoms with Crippen molar-refractivity contribution in [3.8, 4) is 0 Å². The van der Waals surface area contributed by atoms with Crippen molar-refractivity contribution in [2.45, 2.75) is 44.4 Å². The van der Waals surface area contributed by atoms with Crippen LogP contribution in [-0.4, -0.2) is 41.1 Å². The van der Waals surface area contributed by atoms with Crippen LogP contribution in [0.25, 0.3) is 0 Å². The number of nitrogens with zero attached hydrogens (tertiary/aromatic N) is 1. The molecule has 0 aliphatic carbocycles. The van der Waals surface area contributed by atoms with Crippen LogP contribution in [-0.2, 0) is 13.0 Å². The Morgan fingerprint density at radius 1 is 1.26 bits per heavy atom. The molecule has 27 heavy (non-hydrogen) atoms. The van der Waals surface area contributed by atoms with Gasteiger partial charge in [-0.1, -0.05) is 47.1 Å². The van der Waals surface area contributed by atoms with Crippen molar-refractivity contribution in [1.29, 1.82) is 0 Å². The van der Waals surface area contributed by atoms with Crippen LogP contribution in [0.1, 0.15) is 46.3 Å². The van der Waals surface area contributed by atoms with E-state index in [1.54, 1.807) is 0 Å². The maximum absolute atomic E-state index is 13.0. The first-order valence-electron chi connectivity index (χ1n) is 9.63. The Hall–Kier alpha value is -1.69. The van der Waals surface area contributed by atoms with Crippen LogP contribution in [0.4, 0.5) is 0 Å². The third kappa shape index (κ3) is 3.68. The Labute approximate surface area is 168 Å². The number of benzene rings is 2. The molecule has 0 fully saturated rings. The van der Waals surface area contributed by atoms with Gasteiger partial charge in [-0.25, -0.2) is 0 Å². The number of amides is 1. The standard InChI is InChI=1S/C22H25BrN2O2/c1-2-14-12-25(22(27)18-8-7-17(23)10-19(14)18)13-21(26)20-9-15-5-3-4-6-16(15)11-24-20/h3-8,10,14,20-21,24,26H,2,9,11-13H2,1H3/t14-,20-,21+/m0/s1. The topological polar surface area (TPSA) is 52.6 Å². The summed E-state index contributed by atoms with van der Waals surface area (Å²) in [5.41, 5.74) is 4.46. The minimum atomic E-state index is -0.586. The van der Waals surface area contributed by atoms with Gasteiger partial charge < -0.3 is 15.3 Å². The predicted octanol–water partition coefficient (Wildman–Crippen LogP) is 3.47. The van der Waals surface area contributed by atoms with E-state index < -0.39 is 6.10 Å². The van der Waals surface area contributed by atoms with E-state index in [2.05, 4.69) is 46.4 Å². The molecule has 0 aromatic heterocycles. The molecule has 5 heteroatoms. The molecular formula is C22H25BrN2O2. The number of rotatable bonds is 4. The molecule has 0 bridgehead atoms. The van der Waals surface area contributed by atoms with Gasteiger partial charge in [-0.2, -0.15) is 0 Å². The van der Waals surface area contributed by atoms with Gasteiger partial charge in [0.2, 0.25) is 0 Å². The molecule has 2 aromatic rings. The highest BCUT2D eigenvalue weighted by Gasteiger charge is 2.33. The van der Waals surface area contributed by atoms with Gasteiger partial charge in [0, 0.05) is 41.6 Å². The second-order valence-electron chi connectivity index (χ2n) is 7.57. The van der Waals surface area contributed by atoms with Crippen LogP contribution in [0.15, 0.2) is 46.9 Å². The molecular weight excluding hydrogens is 404 g/mol. The van der Waals surface area contributed by atoms with Crippen LogP contribution in [0.2, 0.25) is 0 Å². The fourth-order valence-corrected chi connectivity index (χ4v) is 4.67. The summed E-state index contributed by atoms with van der Waals surface area (Å²) in [5.74, 6) is 0.333. The van der Waals surface area contributed by atoms with Crippen molar-refractivity contribution in [3.63, 3.8) is 0 Å². The van der Waals surface area contributed by atoms with Gasteiger partial charge in [-0.15, -0.1) is 0 Å². The van der Waals surface area contributed by atoms with E-state index in [0.29, 0.717) is 19.0 Å². The SMILES string of the molecule is CC[C@H]1CN(C[C@@H](O)[C@@H]2Cc3ccccc3CN2)C(=O)c2ccc(Br)cc21. The minimum absolute atomic E-state index is 0.0254. The zero-order valence-corrected chi connectivity index (χ0v) is 17.1. The van der Waals surface area contributed by atoms with Gasteiger partial charge in [0.15, 0.2) is 0 Å². The number of aliphatic hydroxyl groups is 1. The number of halogens is 1. The molecule has 2 N–H and O–H groups in total. The van der Waals surface area contributed by atoms with Crippen molar-refractivity contribution in [2.75, 3.05) is 13.1 Å². The Bertz CT molecular complexity index is 854. The van der Waals surface area contributed by atoms with Gasteiger partial charge in [-0.05, 0) is 47.7 Å². The second-order valence-corrected chi connectivity index (χ2v) is 8.49. The quantitative estimate of drug-likeness (QED) is 0.783. The third-order valence-electron chi connectivity index (χ3n) is 5.89. The molecule has 142 valence electrons. The van der Waals surface area contributed by atoms with E-state index in [0.717, 1.165) is 35.0 Å². The molecule has 0 radical (unpaired) electrons. The molecule has 0 saturated heterocycles. The summed E-state index contributed by atoms with van der Waals surface area (Å²) in [6, 6.07) is 14.2. The van der Waals surface area contributed by atoms with E-state index >= 15 is 0 Å². The average molecular weight is 429 g/mol. The fraction of sp³-hybridized carbons (Fsp3) is 0.409. The summed E-state index contributed by atoms with van der Waals surface area (Å²) < 4.78 is 1.01. The lowest BCUT2D eigenvalue weighted by Crippen LogP contribution is -2.52. The van der Waals surface area contributed by atoms with Gasteiger partial charge in [-0.3, -0.25) is 4.79 Å². The molecule has 0 spiro atoms. The summed E-state index contributed by atoms with van der Waals surface area (Å²) in [7, 11) is 0. The molecule has 2 aliphatic rings. The highest BCUT2D eigenvalue weighted by Crippen LogP contribution is 2.33. The monoisotopic (exact) mass is 428 g/mol. The summed E-state index contributed by atoms with van der Waals surface area (Å²) in [6.45, 7) is 3.95. The molecule has 3 atom stereocenters. The number of carbonyl (C=O) groups is 1. The number of carbonyl (C=O) groups excluding carboxylic acids is 1. The second kappa shape index (κ2) is 7.74. The van der Waals surface area contributed by atoms with Gasteiger partial charge in [0.1, 0.15) is 0 Å². The van der Waals surface area contributed by atoms with Crippen LogP contribution in [0, 0.1) is 0 Å². The lowest BCUT2D eigenvalue weighted by molar-refractivity contribution is 0.0484. The summed E-state index contributed by atoms with van der Waals surface area (Å²) in [4.78, 5) is 14.8. The van der Waals surface area contributed by atoms with Crippen molar-refractivity contribution in [1.82, 2.24) is 10.2 Å². The van der Waals surface area contributed by atoms with Crippen molar-refractivity contribution < 1.29 is 9.90 Å². The molecule has 0 saturated carbocycles. The number of nitrogens with one attached hydrogen (secondary N) is 1. The van der Waals surface area contributed by atoms with Gasteiger partial charge in [0.25, 0.3) is 5.91 Å². The normalized spacial score (nSPS) is 22.9. The first kappa shape index (κ1) is 18.7. The summed E-state index contributed by atoms with van der Waals surface area (Å²) in [5, 5.41) is 14.3. The number of β-amino-alcohol motifs (C(OH)–C–C–N with tert-alkyl or cyclic N) is 1. The van der Waals surface area contributed by atoms with Gasteiger partial charge >= 0.3 is 0 Å². The number of aliphatic hydroxyl groups excluding tert-OH is 1. The first-order valence-corrected chi connectivity index (χ1v) is 10.4. The number of hydrogen-bond donors (Lipinski definition) is 2. The first-order chi connectivity index (χ1) is 13.1. The lowest BCUT2D eigenvalue weighted by atomic mass is 9.87. The molecule has 4 nitrogen and oxygen atoms in total. The van der Waals surface area contributed by atoms with E-state index in [1.807, 2.05) is 29.2 Å². The molecule has 0 unspecified atom stereocenters. The highest BCUT2D eigenvalue weighted by atomic mass is 79.9. The fourth-order valence-electron chi connectivity index (χ4n) is 4.29. The molecule has 2 heterocycles. The molecule has 4 rings (SSSR count). The van der Waals surface area contributed by atoms with E-state index in [1.165, 1.54) is 11.1 Å². The smallest absolute Gasteiger partial charge is 0.254 e. The van der Waals surface area contributed by atoms with Crippen LogP contribution >= 0.6 is 15.9 Å². The lowest BCUT2D eigenvalue weighted by Gasteiger charge is -2.37. The van der Waals surface area contributed by atoms with Crippen LogP contribution < -0.4 is 5.32 Å². The Balaban J connectivity index is 1.49. The van der Waals surface area contributed by atoms with Crippen LogP contribution in [0.3, 0.4) is 0 Å². The van der Waals surface area contributed by atoms with Crippen molar-refractivity contribution in [2.24, 2.45) is 0 Å². The van der Waals surface area contributed by atoms with Crippen molar-refractivity contribution in [3.05, 3.63) is 69.2 Å². The highest BCUT2D eigenvalue weighted by molar-refractivity contribution is 9.10. The average Bonchev–Trinajstić information content (AvgIpc) is 2.69.